The zero-order chi connectivity index (χ0) is 26.9. The predicted molar refractivity (Wildman–Crippen MR) is 139 cm³/mol. The van der Waals surface area contributed by atoms with Gasteiger partial charge in [-0.2, -0.15) is 0 Å². The Labute approximate surface area is 221 Å². The molecule has 1 unspecified atom stereocenters. The molecule has 4 rings (SSSR count). The van der Waals surface area contributed by atoms with Gasteiger partial charge in [0.2, 0.25) is 0 Å². The van der Waals surface area contributed by atoms with E-state index in [4.69, 9.17) is 25.8 Å². The first-order valence-corrected chi connectivity index (χ1v) is 12.3. The number of benzene rings is 2. The first-order chi connectivity index (χ1) is 17.7. The summed E-state index contributed by atoms with van der Waals surface area (Å²) in [6.45, 7) is 3.84. The van der Waals surface area contributed by atoms with E-state index < -0.39 is 23.7 Å². The Bertz CT molecular complexity index is 1410. The number of ether oxygens (including phenoxy) is 3. The highest BCUT2D eigenvalue weighted by Gasteiger charge is 2.48. The number of Topliss-reactive ketones (excluding diaryl/α,β-unsaturated/α-hetero) is 1. The number of hydrogen-bond donors (Lipinski definition) is 1. The number of carbonyl (C=O) groups is 3. The van der Waals surface area contributed by atoms with Crippen LogP contribution >= 0.6 is 22.9 Å². The van der Waals surface area contributed by atoms with E-state index in [1.165, 1.54) is 19.1 Å². The number of esters is 1. The van der Waals surface area contributed by atoms with Crippen LogP contribution in [0.15, 0.2) is 48.0 Å². The van der Waals surface area contributed by atoms with Crippen molar-refractivity contribution in [2.45, 2.75) is 19.9 Å². The molecule has 1 aliphatic heterocycles. The second-order valence-electron chi connectivity index (χ2n) is 7.92. The maximum absolute atomic E-state index is 13.4. The highest BCUT2D eigenvalue weighted by atomic mass is 35.5. The number of thiazole rings is 1. The van der Waals surface area contributed by atoms with Crippen LogP contribution in [-0.2, 0) is 14.3 Å². The van der Waals surface area contributed by atoms with Crippen molar-refractivity contribution >= 4 is 51.5 Å². The third-order valence-electron chi connectivity index (χ3n) is 5.73. The number of amides is 1. The summed E-state index contributed by atoms with van der Waals surface area (Å²) in [7, 11) is 2.71. The van der Waals surface area contributed by atoms with Crippen LogP contribution in [0, 0.1) is 6.92 Å². The third-order valence-corrected chi connectivity index (χ3v) is 7.12. The fourth-order valence-corrected chi connectivity index (χ4v) is 5.14. The molecule has 3 aromatic rings. The van der Waals surface area contributed by atoms with E-state index in [-0.39, 0.29) is 21.3 Å². The van der Waals surface area contributed by atoms with Crippen molar-refractivity contribution < 1.29 is 33.7 Å². The first kappa shape index (κ1) is 26.2. The van der Waals surface area contributed by atoms with Crippen LogP contribution in [0.1, 0.15) is 39.5 Å². The summed E-state index contributed by atoms with van der Waals surface area (Å²) in [6, 6.07) is 10.1. The van der Waals surface area contributed by atoms with Crippen LogP contribution in [0.25, 0.3) is 5.76 Å². The molecule has 1 amide bonds. The smallest absolute Gasteiger partial charge is 0.350 e. The number of halogens is 1. The monoisotopic (exact) mass is 542 g/mol. The van der Waals surface area contributed by atoms with E-state index >= 15 is 0 Å². The van der Waals surface area contributed by atoms with Crippen molar-refractivity contribution in [2.24, 2.45) is 0 Å². The molecule has 1 N–H and O–H groups in total. The summed E-state index contributed by atoms with van der Waals surface area (Å²) in [5, 5.41) is 11.8. The van der Waals surface area contributed by atoms with Crippen LogP contribution < -0.4 is 14.4 Å². The number of aliphatic hydroxyl groups is 1. The molecule has 1 aromatic heterocycles. The van der Waals surface area contributed by atoms with Gasteiger partial charge in [0.05, 0.1) is 38.1 Å². The van der Waals surface area contributed by atoms with E-state index in [1.807, 2.05) is 6.92 Å². The average molecular weight is 543 g/mol. The second kappa shape index (κ2) is 10.6. The number of nitrogens with zero attached hydrogens (tertiary/aromatic N) is 2. The molecule has 192 valence electrons. The molecular weight excluding hydrogens is 520 g/mol. The molecule has 1 saturated heterocycles. The standard InChI is InChI=1S/C26H23ClN2O7S/c1-5-36-17-11-8-15(12-18(17)34-3)20-19(21(30)14-6-9-16(27)10-7-14)22(31)24(32)29(20)26-28-13(2)23(37-26)25(33)35-4/h6-12,20,30H,5H2,1-4H3/b21-19+. The van der Waals surface area contributed by atoms with Gasteiger partial charge in [-0.25, -0.2) is 9.78 Å². The van der Waals surface area contributed by atoms with E-state index in [9.17, 15) is 19.5 Å². The molecule has 37 heavy (non-hydrogen) atoms. The zero-order valence-corrected chi connectivity index (χ0v) is 22.0. The normalized spacial score (nSPS) is 16.7. The van der Waals surface area contributed by atoms with Crippen LogP contribution in [0.2, 0.25) is 5.02 Å². The van der Waals surface area contributed by atoms with E-state index in [1.54, 1.807) is 49.4 Å². The molecule has 1 fully saturated rings. The summed E-state index contributed by atoms with van der Waals surface area (Å²) in [5.41, 5.74) is 0.957. The van der Waals surface area contributed by atoms with Crippen LogP contribution in [0.3, 0.4) is 0 Å². The largest absolute Gasteiger partial charge is 0.507 e. The molecule has 11 heteroatoms. The van der Waals surface area contributed by atoms with Crippen molar-refractivity contribution in [1.82, 2.24) is 4.98 Å². The lowest BCUT2D eigenvalue weighted by Crippen LogP contribution is -2.29. The number of aromatic nitrogens is 1. The van der Waals surface area contributed by atoms with Gasteiger partial charge in [-0.1, -0.05) is 29.0 Å². The Hall–Kier alpha value is -3.89. The van der Waals surface area contributed by atoms with Gasteiger partial charge >= 0.3 is 11.9 Å². The minimum absolute atomic E-state index is 0.105. The molecule has 0 bridgehead atoms. The van der Waals surface area contributed by atoms with Crippen LogP contribution in [0.4, 0.5) is 5.13 Å². The summed E-state index contributed by atoms with van der Waals surface area (Å²) in [4.78, 5) is 44.7. The minimum Gasteiger partial charge on any atom is -0.507 e. The lowest BCUT2D eigenvalue weighted by molar-refractivity contribution is -0.132. The number of ketones is 1. The van der Waals surface area contributed by atoms with Gasteiger partial charge in [0.1, 0.15) is 10.6 Å². The fourth-order valence-electron chi connectivity index (χ4n) is 4.00. The SMILES string of the molecule is CCOc1ccc(C2/C(=C(\O)c3ccc(Cl)cc3)C(=O)C(=O)N2c2nc(C)c(C(=O)OC)s2)cc1OC. The zero-order valence-electron chi connectivity index (χ0n) is 20.4. The highest BCUT2D eigenvalue weighted by Crippen LogP contribution is 2.45. The Morgan fingerprint density at radius 1 is 1.14 bits per heavy atom. The molecule has 1 aliphatic rings. The number of methoxy groups -OCH3 is 2. The quantitative estimate of drug-likeness (QED) is 0.193. The second-order valence-corrected chi connectivity index (χ2v) is 9.34. The molecular formula is C26H23ClN2O7S. The van der Waals surface area contributed by atoms with Gasteiger partial charge in [0, 0.05) is 10.6 Å². The highest BCUT2D eigenvalue weighted by molar-refractivity contribution is 7.17. The summed E-state index contributed by atoms with van der Waals surface area (Å²) in [5.74, 6) is -1.95. The number of carbonyl (C=O) groups excluding carboxylic acids is 3. The van der Waals surface area contributed by atoms with Crippen molar-refractivity contribution in [3.05, 3.63) is 74.8 Å². The van der Waals surface area contributed by atoms with Crippen molar-refractivity contribution in [3.8, 4) is 11.5 Å². The van der Waals surface area contributed by atoms with Crippen LogP contribution in [-0.4, -0.2) is 48.6 Å². The van der Waals surface area contributed by atoms with Crippen molar-refractivity contribution in [3.63, 3.8) is 0 Å². The molecule has 2 aromatic carbocycles. The number of aryl methyl sites for hydroxylation is 1. The topological polar surface area (TPSA) is 115 Å². The Balaban J connectivity index is 1.95. The number of aliphatic hydroxyl groups excluding tert-OH is 1. The summed E-state index contributed by atoms with van der Waals surface area (Å²) >= 11 is 6.90. The van der Waals surface area contributed by atoms with Crippen molar-refractivity contribution in [1.29, 1.82) is 0 Å². The maximum atomic E-state index is 13.4. The third kappa shape index (κ3) is 4.77. The van der Waals surface area contributed by atoms with Gasteiger partial charge < -0.3 is 19.3 Å². The average Bonchev–Trinajstić information content (AvgIpc) is 3.40. The van der Waals surface area contributed by atoms with Gasteiger partial charge in [-0.3, -0.25) is 14.5 Å². The van der Waals surface area contributed by atoms with Gasteiger partial charge in [-0.15, -0.1) is 0 Å². The van der Waals surface area contributed by atoms with E-state index in [0.717, 1.165) is 11.3 Å². The number of rotatable bonds is 7. The predicted octanol–water partition coefficient (Wildman–Crippen LogP) is 4.93. The Morgan fingerprint density at radius 3 is 2.46 bits per heavy atom. The van der Waals surface area contributed by atoms with Crippen LogP contribution in [0.5, 0.6) is 11.5 Å². The number of hydrogen-bond acceptors (Lipinski definition) is 9. The van der Waals surface area contributed by atoms with E-state index in [0.29, 0.717) is 39.9 Å². The fraction of sp³-hybridized carbons (Fsp3) is 0.231. The molecule has 0 aliphatic carbocycles. The Kier molecular flexibility index (Phi) is 7.51. The molecule has 0 spiro atoms. The first-order valence-electron chi connectivity index (χ1n) is 11.1. The van der Waals surface area contributed by atoms with Gasteiger partial charge in [-0.05, 0) is 55.8 Å². The summed E-state index contributed by atoms with van der Waals surface area (Å²) in [6.07, 6.45) is 0. The summed E-state index contributed by atoms with van der Waals surface area (Å²) < 4.78 is 15.9. The molecule has 0 saturated carbocycles. The molecule has 1 atom stereocenters. The number of anilines is 1. The molecule has 2 heterocycles. The van der Waals surface area contributed by atoms with Gasteiger partial charge in [0.25, 0.3) is 5.78 Å². The van der Waals surface area contributed by atoms with Crippen molar-refractivity contribution in [2.75, 3.05) is 25.7 Å². The Morgan fingerprint density at radius 2 is 1.84 bits per heavy atom. The van der Waals surface area contributed by atoms with Gasteiger partial charge in [0.15, 0.2) is 16.6 Å². The lowest BCUT2D eigenvalue weighted by Gasteiger charge is -2.24. The lowest BCUT2D eigenvalue weighted by atomic mass is 9.95. The molecule has 0 radical (unpaired) electrons. The minimum atomic E-state index is -1.07. The maximum Gasteiger partial charge on any atom is 0.350 e. The van der Waals surface area contributed by atoms with E-state index in [2.05, 4.69) is 4.98 Å². The molecule has 9 nitrogen and oxygen atoms in total.